The topological polar surface area (TPSA) is 46.3 Å². The van der Waals surface area contributed by atoms with Gasteiger partial charge in [-0.2, -0.15) is 0 Å². The molecule has 1 aliphatic rings. The van der Waals surface area contributed by atoms with E-state index < -0.39 is 0 Å². The summed E-state index contributed by atoms with van der Waals surface area (Å²) in [4.78, 5) is 3.44. The Balaban J connectivity index is 2.24. The second-order valence-corrected chi connectivity index (χ2v) is 4.26. The average Bonchev–Trinajstić information content (AvgIpc) is 2.74. The van der Waals surface area contributed by atoms with Gasteiger partial charge in [0.25, 0.3) is 0 Å². The summed E-state index contributed by atoms with van der Waals surface area (Å²) in [6.45, 7) is 1.95. The minimum Gasteiger partial charge on any atom is -0.493 e. The number of aromatic amines is 1. The van der Waals surface area contributed by atoms with Crippen molar-refractivity contribution in [3.8, 4) is 11.5 Å². The zero-order valence-corrected chi connectivity index (χ0v) is 10.1. The van der Waals surface area contributed by atoms with Crippen molar-refractivity contribution in [1.82, 2.24) is 10.3 Å². The number of methoxy groups -OCH3 is 2. The van der Waals surface area contributed by atoms with Crippen LogP contribution in [0.3, 0.4) is 0 Å². The summed E-state index contributed by atoms with van der Waals surface area (Å²) in [5, 5.41) is 4.61. The van der Waals surface area contributed by atoms with E-state index in [4.69, 9.17) is 9.47 Å². The van der Waals surface area contributed by atoms with Gasteiger partial charge in [0, 0.05) is 29.2 Å². The summed E-state index contributed by atoms with van der Waals surface area (Å²) in [5.74, 6) is 1.56. The Kier molecular flexibility index (Phi) is 2.44. The van der Waals surface area contributed by atoms with Crippen molar-refractivity contribution >= 4 is 10.9 Å². The quantitative estimate of drug-likeness (QED) is 0.830. The molecule has 2 heterocycles. The van der Waals surface area contributed by atoms with E-state index >= 15 is 0 Å². The number of hydrogen-bond acceptors (Lipinski definition) is 3. The van der Waals surface area contributed by atoms with E-state index in [2.05, 4.69) is 16.4 Å². The van der Waals surface area contributed by atoms with Gasteiger partial charge in [0.2, 0.25) is 0 Å². The standard InChI is InChI=1S/C13H16N2O2/c1-16-12-5-9-8-3-4-14-7-11(8)15-10(9)6-13(12)17-2/h5-6,14-15H,3-4,7H2,1-2H3. The van der Waals surface area contributed by atoms with Crippen LogP contribution < -0.4 is 14.8 Å². The van der Waals surface area contributed by atoms with Crippen LogP contribution in [0.2, 0.25) is 0 Å². The van der Waals surface area contributed by atoms with Crippen molar-refractivity contribution in [3.63, 3.8) is 0 Å². The highest BCUT2D eigenvalue weighted by Gasteiger charge is 2.17. The summed E-state index contributed by atoms with van der Waals surface area (Å²) in [5.41, 5.74) is 3.80. The van der Waals surface area contributed by atoms with Crippen molar-refractivity contribution in [1.29, 1.82) is 0 Å². The molecule has 0 unspecified atom stereocenters. The largest absolute Gasteiger partial charge is 0.493 e. The predicted molar refractivity (Wildman–Crippen MR) is 66.8 cm³/mol. The highest BCUT2D eigenvalue weighted by molar-refractivity contribution is 5.88. The van der Waals surface area contributed by atoms with E-state index in [0.717, 1.165) is 36.5 Å². The molecule has 90 valence electrons. The van der Waals surface area contributed by atoms with Gasteiger partial charge in [-0.3, -0.25) is 0 Å². The smallest absolute Gasteiger partial charge is 0.162 e. The molecular formula is C13H16N2O2. The first-order chi connectivity index (χ1) is 8.33. The minimum atomic E-state index is 0.770. The Morgan fingerprint density at radius 1 is 1.12 bits per heavy atom. The first kappa shape index (κ1) is 10.5. The van der Waals surface area contributed by atoms with Gasteiger partial charge >= 0.3 is 0 Å². The number of H-pyrrole nitrogens is 1. The molecule has 4 heteroatoms. The lowest BCUT2D eigenvalue weighted by Gasteiger charge is -2.12. The lowest BCUT2D eigenvalue weighted by molar-refractivity contribution is 0.356. The van der Waals surface area contributed by atoms with Crippen molar-refractivity contribution in [2.45, 2.75) is 13.0 Å². The molecule has 0 aliphatic carbocycles. The Labute approximate surface area is 99.9 Å². The molecule has 1 aliphatic heterocycles. The van der Waals surface area contributed by atoms with Crippen LogP contribution in [0.4, 0.5) is 0 Å². The van der Waals surface area contributed by atoms with E-state index in [0.29, 0.717) is 0 Å². The third kappa shape index (κ3) is 1.56. The van der Waals surface area contributed by atoms with Gasteiger partial charge in [-0.15, -0.1) is 0 Å². The van der Waals surface area contributed by atoms with Crippen LogP contribution in [0.25, 0.3) is 10.9 Å². The summed E-state index contributed by atoms with van der Waals surface area (Å²) in [6.07, 6.45) is 1.06. The van der Waals surface area contributed by atoms with Crippen LogP contribution in [0.5, 0.6) is 11.5 Å². The Morgan fingerprint density at radius 3 is 2.65 bits per heavy atom. The predicted octanol–water partition coefficient (Wildman–Crippen LogP) is 1.83. The molecule has 0 saturated heterocycles. The molecule has 2 N–H and O–H groups in total. The maximum Gasteiger partial charge on any atom is 0.162 e. The average molecular weight is 232 g/mol. The van der Waals surface area contributed by atoms with Crippen molar-refractivity contribution in [2.24, 2.45) is 0 Å². The Bertz CT molecular complexity index is 560. The van der Waals surface area contributed by atoms with E-state index in [1.54, 1.807) is 14.2 Å². The molecular weight excluding hydrogens is 216 g/mol. The van der Waals surface area contributed by atoms with Crippen molar-refractivity contribution in [2.75, 3.05) is 20.8 Å². The summed E-state index contributed by atoms with van der Waals surface area (Å²) in [7, 11) is 3.33. The van der Waals surface area contributed by atoms with Crippen molar-refractivity contribution < 1.29 is 9.47 Å². The molecule has 1 aromatic carbocycles. The Morgan fingerprint density at radius 2 is 1.88 bits per heavy atom. The van der Waals surface area contributed by atoms with Gasteiger partial charge in [0.1, 0.15) is 0 Å². The summed E-state index contributed by atoms with van der Waals surface area (Å²) >= 11 is 0. The number of nitrogens with one attached hydrogen (secondary N) is 2. The minimum absolute atomic E-state index is 0.770. The molecule has 0 radical (unpaired) electrons. The molecule has 0 atom stereocenters. The number of ether oxygens (including phenoxy) is 2. The molecule has 3 rings (SSSR count). The van der Waals surface area contributed by atoms with E-state index in [-0.39, 0.29) is 0 Å². The van der Waals surface area contributed by atoms with Gasteiger partial charge in [-0.1, -0.05) is 0 Å². The van der Waals surface area contributed by atoms with Crippen LogP contribution in [0.15, 0.2) is 12.1 Å². The van der Waals surface area contributed by atoms with Gasteiger partial charge in [-0.05, 0) is 24.6 Å². The van der Waals surface area contributed by atoms with Gasteiger partial charge in [-0.25, -0.2) is 0 Å². The lowest BCUT2D eigenvalue weighted by atomic mass is 10.0. The van der Waals surface area contributed by atoms with E-state index in [1.807, 2.05) is 6.07 Å². The summed E-state index contributed by atoms with van der Waals surface area (Å²) < 4.78 is 10.7. The zero-order valence-electron chi connectivity index (χ0n) is 10.1. The molecule has 0 bridgehead atoms. The van der Waals surface area contributed by atoms with Crippen LogP contribution in [-0.2, 0) is 13.0 Å². The van der Waals surface area contributed by atoms with E-state index in [1.165, 1.54) is 16.6 Å². The van der Waals surface area contributed by atoms with Crippen LogP contribution in [0.1, 0.15) is 11.3 Å². The summed E-state index contributed by atoms with van der Waals surface area (Å²) in [6, 6.07) is 4.07. The molecule has 0 fully saturated rings. The lowest BCUT2D eigenvalue weighted by Crippen LogP contribution is -2.22. The molecule has 2 aromatic rings. The third-order valence-electron chi connectivity index (χ3n) is 3.35. The molecule has 0 amide bonds. The third-order valence-corrected chi connectivity index (χ3v) is 3.35. The van der Waals surface area contributed by atoms with Crippen LogP contribution in [-0.4, -0.2) is 25.7 Å². The maximum atomic E-state index is 5.35. The number of hydrogen-bond donors (Lipinski definition) is 2. The Hall–Kier alpha value is -1.68. The SMILES string of the molecule is COc1cc2[nH]c3c(c2cc1OC)CCNC3. The monoisotopic (exact) mass is 232 g/mol. The van der Waals surface area contributed by atoms with Crippen LogP contribution >= 0.6 is 0 Å². The fraction of sp³-hybridized carbons (Fsp3) is 0.385. The molecule has 0 saturated carbocycles. The molecule has 17 heavy (non-hydrogen) atoms. The second-order valence-electron chi connectivity index (χ2n) is 4.26. The maximum absolute atomic E-state index is 5.35. The molecule has 4 nitrogen and oxygen atoms in total. The van der Waals surface area contributed by atoms with E-state index in [9.17, 15) is 0 Å². The van der Waals surface area contributed by atoms with Crippen LogP contribution in [0, 0.1) is 0 Å². The number of aromatic nitrogens is 1. The number of fused-ring (bicyclic) bond motifs is 3. The number of benzene rings is 1. The first-order valence-electron chi connectivity index (χ1n) is 5.79. The first-order valence-corrected chi connectivity index (χ1v) is 5.79. The zero-order chi connectivity index (χ0) is 11.8. The van der Waals surface area contributed by atoms with Crippen molar-refractivity contribution in [3.05, 3.63) is 23.4 Å². The van der Waals surface area contributed by atoms with Gasteiger partial charge in [0.15, 0.2) is 11.5 Å². The second kappa shape index (κ2) is 3.96. The van der Waals surface area contributed by atoms with Gasteiger partial charge < -0.3 is 19.8 Å². The highest BCUT2D eigenvalue weighted by atomic mass is 16.5. The fourth-order valence-corrected chi connectivity index (χ4v) is 2.50. The molecule has 1 aromatic heterocycles. The normalized spacial score (nSPS) is 14.7. The van der Waals surface area contributed by atoms with Gasteiger partial charge in [0.05, 0.1) is 14.2 Å². The fourth-order valence-electron chi connectivity index (χ4n) is 2.50. The highest BCUT2D eigenvalue weighted by Crippen LogP contribution is 2.35. The number of rotatable bonds is 2. The molecule has 0 spiro atoms.